The van der Waals surface area contributed by atoms with E-state index in [9.17, 15) is 51.9 Å². The highest BCUT2D eigenvalue weighted by Gasteiger charge is 2.23. The molecule has 0 aliphatic heterocycles. The highest BCUT2D eigenvalue weighted by molar-refractivity contribution is 7.86. The molecule has 58 heavy (non-hydrogen) atoms. The molecule has 0 aliphatic rings. The van der Waals surface area contributed by atoms with Crippen molar-refractivity contribution in [1.29, 1.82) is 0 Å². The van der Waals surface area contributed by atoms with Crippen LogP contribution in [0.5, 0.6) is 0 Å². The van der Waals surface area contributed by atoms with E-state index in [1.54, 1.807) is 0 Å². The third-order valence-corrected chi connectivity index (χ3v) is 11.2. The molecule has 0 aliphatic carbocycles. The molecule has 0 atom stereocenters. The molecule has 300 valence electrons. The second kappa shape index (κ2) is 16.1. The average molecular weight is 871 g/mol. The van der Waals surface area contributed by atoms with Crippen LogP contribution in [-0.4, -0.2) is 81.8 Å². The summed E-state index contributed by atoms with van der Waals surface area (Å²) in [5, 5.41) is 2.35. The maximum absolute atomic E-state index is 12.7. The molecule has 2 heterocycles. The molecule has 2 aromatic heterocycles. The SMILES string of the molecule is O=S(=O)(O)c1ccc(NN(c2ccc(C=Cc3ccc(N(Nc4ccc(S(=O)(=O)O)cc4)c4ncncn4)cc3S(=O)(=O)O)c(S(=O)(=O)O)c2)c2ncncn2)cc1. The van der Waals surface area contributed by atoms with Gasteiger partial charge in [-0.25, -0.2) is 20.0 Å². The average Bonchev–Trinajstić information content (AvgIpc) is 3.18. The van der Waals surface area contributed by atoms with Crippen molar-refractivity contribution < 1.29 is 51.9 Å². The van der Waals surface area contributed by atoms with Crippen LogP contribution in [0.25, 0.3) is 12.2 Å². The van der Waals surface area contributed by atoms with Gasteiger partial charge in [0.05, 0.1) is 32.5 Å². The number of nitrogens with one attached hydrogen (secondary N) is 2. The molecular weight excluding hydrogens is 845 g/mol. The van der Waals surface area contributed by atoms with E-state index in [0.717, 1.165) is 73.9 Å². The first-order chi connectivity index (χ1) is 27.3. The van der Waals surface area contributed by atoms with Gasteiger partial charge in [0.25, 0.3) is 52.4 Å². The molecule has 0 saturated heterocycles. The minimum atomic E-state index is -5.00. The summed E-state index contributed by atoms with van der Waals surface area (Å²) in [5.74, 6) is -0.153. The summed E-state index contributed by atoms with van der Waals surface area (Å²) >= 11 is 0. The molecule has 0 bridgehead atoms. The van der Waals surface area contributed by atoms with Crippen molar-refractivity contribution in [3.8, 4) is 0 Å². The topological polar surface area (TPSA) is 325 Å². The fraction of sp³-hybridized carbons (Fsp3) is 0. The first-order valence-electron chi connectivity index (χ1n) is 15.7. The lowest BCUT2D eigenvalue weighted by Crippen LogP contribution is -2.27. The van der Waals surface area contributed by atoms with Crippen LogP contribution in [-0.2, 0) is 40.5 Å². The summed E-state index contributed by atoms with van der Waals surface area (Å²) < 4.78 is 136. The fourth-order valence-corrected chi connectivity index (χ4v) is 7.41. The second-order valence-electron chi connectivity index (χ2n) is 11.5. The van der Waals surface area contributed by atoms with E-state index in [1.165, 1.54) is 58.5 Å². The lowest BCUT2D eigenvalue weighted by Gasteiger charge is -2.25. The fourth-order valence-electron chi connectivity index (χ4n) is 5.04. The lowest BCUT2D eigenvalue weighted by molar-refractivity contribution is 0.480. The van der Waals surface area contributed by atoms with E-state index in [1.807, 2.05) is 0 Å². The van der Waals surface area contributed by atoms with Crippen molar-refractivity contribution >= 4 is 87.3 Å². The molecule has 4 aromatic carbocycles. The molecule has 0 fully saturated rings. The number of hydrogen-bond donors (Lipinski definition) is 6. The Morgan fingerprint density at radius 3 is 1.07 bits per heavy atom. The highest BCUT2D eigenvalue weighted by Crippen LogP contribution is 2.32. The van der Waals surface area contributed by atoms with Crippen LogP contribution in [0, 0.1) is 0 Å². The molecule has 6 N–H and O–H groups in total. The van der Waals surface area contributed by atoms with E-state index in [0.29, 0.717) is 0 Å². The second-order valence-corrected chi connectivity index (χ2v) is 17.1. The number of anilines is 6. The van der Waals surface area contributed by atoms with Crippen molar-refractivity contribution in [3.05, 3.63) is 121 Å². The Morgan fingerprint density at radius 2 is 0.776 bits per heavy atom. The van der Waals surface area contributed by atoms with Crippen molar-refractivity contribution in [2.24, 2.45) is 0 Å². The van der Waals surface area contributed by atoms with Crippen LogP contribution in [0.1, 0.15) is 11.1 Å². The van der Waals surface area contributed by atoms with Crippen LogP contribution in [0.15, 0.2) is 130 Å². The van der Waals surface area contributed by atoms with E-state index < -0.39 is 60.1 Å². The van der Waals surface area contributed by atoms with Crippen LogP contribution in [0.2, 0.25) is 0 Å². The number of rotatable bonds is 14. The first kappa shape index (κ1) is 41.1. The predicted octanol–water partition coefficient (Wildman–Crippen LogP) is 3.54. The standard InChI is InChI=1S/C32H26N10O12S4/c43-55(44,45)27-11-5-23(6-12-27)39-41(31-35-17-33-18-36-31)25-9-3-21(29(15-25)57(49,50)51)1-2-22-4-10-26(16-30(22)58(52,53)54)42(32-37-19-34-20-38-32)40-24-7-13-28(14-8-24)56(46,47)48/h1-20,39-40H,(H,43,44,45)(H,46,47,48)(H,49,50,51)(H,52,53,54). The Labute approximate surface area is 329 Å². The Kier molecular flexibility index (Phi) is 11.5. The Morgan fingerprint density at radius 1 is 0.448 bits per heavy atom. The number of hydrazine groups is 2. The van der Waals surface area contributed by atoms with E-state index in [4.69, 9.17) is 0 Å². The summed E-state index contributed by atoms with van der Waals surface area (Å²) in [5.41, 5.74) is 5.97. The number of benzene rings is 4. The van der Waals surface area contributed by atoms with Gasteiger partial charge in [-0.1, -0.05) is 24.3 Å². The largest absolute Gasteiger partial charge is 0.295 e. The lowest BCUT2D eigenvalue weighted by atomic mass is 10.1. The molecule has 6 aromatic rings. The maximum atomic E-state index is 12.7. The normalized spacial score (nSPS) is 12.3. The Bertz CT molecular complexity index is 2750. The van der Waals surface area contributed by atoms with Gasteiger partial charge in [0, 0.05) is 0 Å². The highest BCUT2D eigenvalue weighted by atomic mass is 32.2. The molecule has 22 nitrogen and oxygen atoms in total. The number of nitrogens with zero attached hydrogens (tertiary/aromatic N) is 8. The van der Waals surface area contributed by atoms with Gasteiger partial charge in [-0.15, -0.1) is 0 Å². The van der Waals surface area contributed by atoms with Gasteiger partial charge in [0.15, 0.2) is 0 Å². The summed E-state index contributed by atoms with van der Waals surface area (Å²) in [6, 6.07) is 16.9. The zero-order chi connectivity index (χ0) is 41.9. The van der Waals surface area contributed by atoms with Gasteiger partial charge in [-0.05, 0) is 83.9 Å². The number of hydrogen-bond acceptors (Lipinski definition) is 18. The van der Waals surface area contributed by atoms with E-state index in [2.05, 4.69) is 40.8 Å². The molecule has 0 radical (unpaired) electrons. The van der Waals surface area contributed by atoms with Gasteiger partial charge >= 0.3 is 0 Å². The number of aromatic nitrogens is 6. The van der Waals surface area contributed by atoms with Crippen molar-refractivity contribution in [2.45, 2.75) is 19.6 Å². The van der Waals surface area contributed by atoms with Crippen molar-refractivity contribution in [2.75, 3.05) is 20.9 Å². The van der Waals surface area contributed by atoms with Crippen molar-refractivity contribution in [1.82, 2.24) is 29.9 Å². The van der Waals surface area contributed by atoms with Crippen LogP contribution < -0.4 is 20.9 Å². The van der Waals surface area contributed by atoms with Gasteiger partial charge in [0.1, 0.15) is 35.1 Å². The summed E-state index contributed by atoms with van der Waals surface area (Å²) in [6.07, 6.45) is 6.87. The Balaban J connectivity index is 1.38. The minimum Gasteiger partial charge on any atom is -0.291 e. The van der Waals surface area contributed by atoms with Crippen LogP contribution in [0.3, 0.4) is 0 Å². The zero-order valence-electron chi connectivity index (χ0n) is 28.8. The zero-order valence-corrected chi connectivity index (χ0v) is 32.1. The quantitative estimate of drug-likeness (QED) is 0.0518. The summed E-state index contributed by atoms with van der Waals surface area (Å²) in [6.45, 7) is 0. The van der Waals surface area contributed by atoms with Crippen LogP contribution in [0.4, 0.5) is 34.6 Å². The van der Waals surface area contributed by atoms with Gasteiger partial charge in [-0.2, -0.15) is 53.6 Å². The third-order valence-electron chi connectivity index (χ3n) is 7.65. The summed E-state index contributed by atoms with van der Waals surface area (Å²) in [4.78, 5) is 21.6. The molecule has 26 heteroatoms. The monoisotopic (exact) mass is 870 g/mol. The Hall–Kier alpha value is -6.52. The predicted molar refractivity (Wildman–Crippen MR) is 205 cm³/mol. The molecule has 0 amide bonds. The minimum absolute atomic E-state index is 0.0244. The maximum Gasteiger partial charge on any atom is 0.295 e. The van der Waals surface area contributed by atoms with Gasteiger partial charge < -0.3 is 0 Å². The molecular formula is C32H26N10O12S4. The van der Waals surface area contributed by atoms with Crippen molar-refractivity contribution in [3.63, 3.8) is 0 Å². The molecule has 0 saturated carbocycles. The molecule has 6 rings (SSSR count). The summed E-state index contributed by atoms with van der Waals surface area (Å²) in [7, 11) is -19.0. The van der Waals surface area contributed by atoms with Crippen LogP contribution >= 0.6 is 0 Å². The van der Waals surface area contributed by atoms with E-state index in [-0.39, 0.29) is 45.8 Å². The first-order valence-corrected chi connectivity index (χ1v) is 21.5. The van der Waals surface area contributed by atoms with E-state index >= 15 is 0 Å². The molecule has 0 spiro atoms. The van der Waals surface area contributed by atoms with Gasteiger partial charge in [0.2, 0.25) is 0 Å². The molecule has 0 unspecified atom stereocenters. The van der Waals surface area contributed by atoms with Gasteiger partial charge in [-0.3, -0.25) is 29.1 Å². The third kappa shape index (κ3) is 9.88. The smallest absolute Gasteiger partial charge is 0.291 e.